The number of carbonyl (C=O) groups excluding carboxylic acids is 1. The number of amides is 2. The molecule has 0 aromatic rings. The van der Waals surface area contributed by atoms with Gasteiger partial charge in [0.25, 0.3) is 0 Å². The van der Waals surface area contributed by atoms with E-state index in [0.29, 0.717) is 12.8 Å². The second kappa shape index (κ2) is 5.43. The first-order valence-corrected chi connectivity index (χ1v) is 9.83. The zero-order valence-corrected chi connectivity index (χ0v) is 15.2. The Morgan fingerprint density at radius 1 is 1.04 bits per heavy atom. The van der Waals surface area contributed by atoms with E-state index in [1.165, 1.54) is 0 Å². The van der Waals surface area contributed by atoms with E-state index in [0.717, 1.165) is 31.2 Å². The number of urea groups is 1. The van der Waals surface area contributed by atoms with Gasteiger partial charge in [-0.1, -0.05) is 0 Å². The van der Waals surface area contributed by atoms with Gasteiger partial charge in [0.2, 0.25) is 0 Å². The van der Waals surface area contributed by atoms with Crippen molar-refractivity contribution in [2.45, 2.75) is 57.7 Å². The number of nitrogens with zero attached hydrogens (tertiary/aromatic N) is 3. The average Bonchev–Trinajstić information content (AvgIpc) is 3.27. The molecule has 0 aliphatic carbocycles. The Morgan fingerprint density at radius 2 is 1.48 bits per heavy atom. The lowest BCUT2D eigenvalue weighted by Gasteiger charge is -2.59. The van der Waals surface area contributed by atoms with Crippen molar-refractivity contribution in [3.05, 3.63) is 5.21 Å². The van der Waals surface area contributed by atoms with Crippen LogP contribution in [0.15, 0.2) is 0 Å². The van der Waals surface area contributed by atoms with Gasteiger partial charge in [-0.05, 0) is 40.5 Å². The van der Waals surface area contributed by atoms with Crippen LogP contribution in [0.2, 0.25) is 0 Å². The number of rotatable bonds is 4. The van der Waals surface area contributed by atoms with Gasteiger partial charge in [-0.3, -0.25) is 9.65 Å². The van der Waals surface area contributed by atoms with Crippen molar-refractivity contribution in [2.75, 3.05) is 26.2 Å². The molecule has 0 radical (unpaired) electrons. The van der Waals surface area contributed by atoms with Crippen molar-refractivity contribution in [2.24, 2.45) is 0 Å². The summed E-state index contributed by atoms with van der Waals surface area (Å²) in [6.07, 6.45) is 1.15. The Morgan fingerprint density at radius 3 is 1.87 bits per heavy atom. The topological polar surface area (TPSA) is 90.5 Å². The molecular formula is C14H27N5O3P-. The minimum absolute atomic E-state index is 0.109. The van der Waals surface area contributed by atoms with Gasteiger partial charge in [-0.25, -0.2) is 14.1 Å². The first-order chi connectivity index (χ1) is 10.5. The first kappa shape index (κ1) is 17.2. The number of nitrogens with one attached hydrogen (secondary N) is 2. The second-order valence-corrected chi connectivity index (χ2v) is 10.5. The minimum atomic E-state index is -2.91. The third-order valence-corrected chi connectivity index (χ3v) is 7.62. The van der Waals surface area contributed by atoms with Crippen molar-refractivity contribution in [3.63, 3.8) is 0 Å². The highest BCUT2D eigenvalue weighted by Crippen LogP contribution is 2.56. The molecule has 132 valence electrons. The fraction of sp³-hybridized carbons (Fsp3) is 0.929. The lowest BCUT2D eigenvalue weighted by Crippen LogP contribution is -2.62. The Kier molecular flexibility index (Phi) is 4.05. The number of carbonyl (C=O) groups is 1. The molecule has 0 aromatic heterocycles. The molecule has 23 heavy (non-hydrogen) atoms. The van der Waals surface area contributed by atoms with Gasteiger partial charge >= 0.3 is 13.6 Å². The van der Waals surface area contributed by atoms with Crippen molar-refractivity contribution < 1.29 is 9.36 Å². The molecule has 0 unspecified atom stereocenters. The van der Waals surface area contributed by atoms with Crippen LogP contribution >= 0.6 is 7.59 Å². The highest BCUT2D eigenvalue weighted by atomic mass is 31.2. The summed E-state index contributed by atoms with van der Waals surface area (Å²) in [7, 11) is -2.91. The van der Waals surface area contributed by atoms with Crippen LogP contribution in [0.4, 0.5) is 4.79 Å². The van der Waals surface area contributed by atoms with Gasteiger partial charge < -0.3 is 15.6 Å². The molecule has 2 N–H and O–H groups in total. The van der Waals surface area contributed by atoms with Crippen molar-refractivity contribution in [1.29, 1.82) is 0 Å². The summed E-state index contributed by atoms with van der Waals surface area (Å²) in [6, 6.07) is -0.509. The Bertz CT molecular complexity index is 511. The van der Waals surface area contributed by atoms with E-state index in [-0.39, 0.29) is 6.04 Å². The van der Waals surface area contributed by atoms with Crippen LogP contribution in [0.3, 0.4) is 0 Å². The van der Waals surface area contributed by atoms with Crippen LogP contribution < -0.4 is 10.4 Å². The maximum absolute atomic E-state index is 12.9. The molecule has 2 amide bonds. The maximum atomic E-state index is 12.9. The second-order valence-electron chi connectivity index (χ2n) is 8.06. The minimum Gasteiger partial charge on any atom is -0.784 e. The summed E-state index contributed by atoms with van der Waals surface area (Å²) < 4.78 is 16.5. The fourth-order valence-electron chi connectivity index (χ4n) is 3.67. The van der Waals surface area contributed by atoms with Gasteiger partial charge in [-0.15, -0.1) is 0 Å². The summed E-state index contributed by atoms with van der Waals surface area (Å²) in [5, 5.41) is 19.1. The van der Waals surface area contributed by atoms with E-state index >= 15 is 0 Å². The SMILES string of the molecule is CC1(C)CC(NC(=O)NP(=O)(N2CC2)N2CC2)CC(C)(C)N1[O-]. The summed E-state index contributed by atoms with van der Waals surface area (Å²) >= 11 is 0. The summed E-state index contributed by atoms with van der Waals surface area (Å²) in [4.78, 5) is 12.4. The molecule has 0 aromatic carbocycles. The predicted molar refractivity (Wildman–Crippen MR) is 88.8 cm³/mol. The van der Waals surface area contributed by atoms with E-state index in [9.17, 15) is 14.6 Å². The largest absolute Gasteiger partial charge is 0.784 e. The van der Waals surface area contributed by atoms with Crippen molar-refractivity contribution in [3.8, 4) is 0 Å². The maximum Gasteiger partial charge on any atom is 0.322 e. The van der Waals surface area contributed by atoms with Crippen LogP contribution in [0.5, 0.6) is 0 Å². The van der Waals surface area contributed by atoms with E-state index in [1.807, 2.05) is 37.0 Å². The Hall–Kier alpha value is -0.660. The third kappa shape index (κ3) is 3.42. The van der Waals surface area contributed by atoms with Crippen LogP contribution in [0.1, 0.15) is 40.5 Å². The van der Waals surface area contributed by atoms with Crippen LogP contribution in [0.25, 0.3) is 0 Å². The molecule has 3 aliphatic heterocycles. The predicted octanol–water partition coefficient (Wildman–Crippen LogP) is 1.54. The van der Waals surface area contributed by atoms with Gasteiger partial charge in [0, 0.05) is 43.3 Å². The fourth-order valence-corrected chi connectivity index (χ4v) is 5.90. The standard InChI is InChI=1S/C14H27N5O3P/c1-13(2)9-11(10-14(3,4)19(13)21)15-12(20)16-23(22,17-5-6-17)18-7-8-18/h11H,5-10H2,1-4H3,(H2,15,16,20,22)/q-1. The molecule has 3 aliphatic rings. The van der Waals surface area contributed by atoms with Crippen LogP contribution in [0, 0.1) is 5.21 Å². The molecule has 0 bridgehead atoms. The van der Waals surface area contributed by atoms with Gasteiger partial charge in [0.05, 0.1) is 0 Å². The summed E-state index contributed by atoms with van der Waals surface area (Å²) in [5.74, 6) is 0. The zero-order chi connectivity index (χ0) is 17.0. The molecule has 3 rings (SSSR count). The molecule has 0 saturated carbocycles. The molecule has 3 saturated heterocycles. The Labute approximate surface area is 137 Å². The van der Waals surface area contributed by atoms with E-state index in [1.54, 1.807) is 0 Å². The highest BCUT2D eigenvalue weighted by Gasteiger charge is 2.49. The van der Waals surface area contributed by atoms with E-state index < -0.39 is 24.7 Å². The molecule has 3 heterocycles. The molecule has 0 spiro atoms. The van der Waals surface area contributed by atoms with Gasteiger partial charge in [0.1, 0.15) is 0 Å². The molecule has 0 atom stereocenters. The van der Waals surface area contributed by atoms with Crippen LogP contribution in [-0.2, 0) is 4.57 Å². The number of hydrogen-bond acceptors (Lipinski definition) is 4. The van der Waals surface area contributed by atoms with Gasteiger partial charge in [-0.2, -0.15) is 0 Å². The molecular weight excluding hydrogens is 317 g/mol. The highest BCUT2D eigenvalue weighted by molar-refractivity contribution is 7.58. The van der Waals surface area contributed by atoms with E-state index in [4.69, 9.17) is 0 Å². The third-order valence-electron chi connectivity index (χ3n) is 4.79. The summed E-state index contributed by atoms with van der Waals surface area (Å²) in [6.45, 7) is 10.6. The zero-order valence-electron chi connectivity index (χ0n) is 14.3. The molecule has 8 nitrogen and oxygen atoms in total. The first-order valence-electron chi connectivity index (χ1n) is 8.22. The Balaban J connectivity index is 1.62. The monoisotopic (exact) mass is 344 g/mol. The van der Waals surface area contributed by atoms with E-state index in [2.05, 4.69) is 10.4 Å². The number of hydroxylamine groups is 2. The van der Waals surface area contributed by atoms with Crippen LogP contribution in [-0.4, -0.2) is 63.7 Å². The number of piperidine rings is 1. The number of hydrogen-bond donors (Lipinski definition) is 2. The van der Waals surface area contributed by atoms with Crippen molar-refractivity contribution >= 4 is 13.6 Å². The summed E-state index contributed by atoms with van der Waals surface area (Å²) in [5.41, 5.74) is -1.08. The quantitative estimate of drug-likeness (QED) is 0.594. The average molecular weight is 344 g/mol. The molecule has 9 heteroatoms. The smallest absolute Gasteiger partial charge is 0.322 e. The molecule has 3 fully saturated rings. The van der Waals surface area contributed by atoms with Gasteiger partial charge in [0.15, 0.2) is 0 Å². The normalized spacial score (nSPS) is 28.4. The lowest BCUT2D eigenvalue weighted by molar-refractivity contribution is 0.00416. The van der Waals surface area contributed by atoms with Crippen molar-refractivity contribution in [1.82, 2.24) is 24.8 Å². The lowest BCUT2D eigenvalue weighted by atomic mass is 9.79.